The van der Waals surface area contributed by atoms with Gasteiger partial charge in [0.25, 0.3) is 0 Å². The van der Waals surface area contributed by atoms with E-state index in [-0.39, 0.29) is 11.9 Å². The van der Waals surface area contributed by atoms with Gasteiger partial charge >= 0.3 is 0 Å². The average Bonchev–Trinajstić information content (AvgIpc) is 2.45. The Morgan fingerprint density at radius 3 is 2.60 bits per heavy atom. The van der Waals surface area contributed by atoms with Crippen LogP contribution >= 0.6 is 0 Å². The summed E-state index contributed by atoms with van der Waals surface area (Å²) in [5.41, 5.74) is 3.40. The number of benzene rings is 1. The van der Waals surface area contributed by atoms with E-state index in [1.165, 1.54) is 6.07 Å². The van der Waals surface area contributed by atoms with E-state index in [0.717, 1.165) is 29.9 Å². The van der Waals surface area contributed by atoms with Crippen molar-refractivity contribution in [3.05, 3.63) is 58.9 Å². The van der Waals surface area contributed by atoms with E-state index in [4.69, 9.17) is 0 Å². The van der Waals surface area contributed by atoms with E-state index < -0.39 is 0 Å². The molecule has 3 nitrogen and oxygen atoms in total. The van der Waals surface area contributed by atoms with E-state index in [1.807, 2.05) is 13.0 Å². The third-order valence-corrected chi connectivity index (χ3v) is 3.21. The standard InChI is InChI=1S/C16H20FN3/c1-4-7-18-16(15-10-19-12(3)9-20-15)13-5-6-14(17)11(2)8-13/h5-6,8-10,16,18H,4,7H2,1-3H3. The molecule has 0 bridgehead atoms. The van der Waals surface area contributed by atoms with Crippen molar-refractivity contribution in [2.24, 2.45) is 0 Å². The zero-order valence-corrected chi connectivity index (χ0v) is 12.2. The van der Waals surface area contributed by atoms with Gasteiger partial charge in [0.1, 0.15) is 5.82 Å². The van der Waals surface area contributed by atoms with Gasteiger partial charge in [-0.1, -0.05) is 19.1 Å². The summed E-state index contributed by atoms with van der Waals surface area (Å²) in [4.78, 5) is 8.74. The Labute approximate surface area is 119 Å². The number of aromatic nitrogens is 2. The quantitative estimate of drug-likeness (QED) is 0.908. The topological polar surface area (TPSA) is 37.8 Å². The molecule has 1 unspecified atom stereocenters. The van der Waals surface area contributed by atoms with E-state index >= 15 is 0 Å². The molecule has 1 aromatic carbocycles. The molecule has 0 amide bonds. The zero-order chi connectivity index (χ0) is 14.5. The number of hydrogen-bond acceptors (Lipinski definition) is 3. The maximum absolute atomic E-state index is 13.4. The Morgan fingerprint density at radius 2 is 2.00 bits per heavy atom. The largest absolute Gasteiger partial charge is 0.305 e. The van der Waals surface area contributed by atoms with Crippen molar-refractivity contribution in [3.8, 4) is 0 Å². The van der Waals surface area contributed by atoms with Gasteiger partial charge in [-0.2, -0.15) is 0 Å². The minimum atomic E-state index is -0.182. The summed E-state index contributed by atoms with van der Waals surface area (Å²) in [6.45, 7) is 6.67. The summed E-state index contributed by atoms with van der Waals surface area (Å²) in [6.07, 6.45) is 4.56. The summed E-state index contributed by atoms with van der Waals surface area (Å²) in [7, 11) is 0. The fraction of sp³-hybridized carbons (Fsp3) is 0.375. The monoisotopic (exact) mass is 273 g/mol. The first-order chi connectivity index (χ1) is 9.61. The molecule has 1 heterocycles. The second kappa shape index (κ2) is 6.57. The first-order valence-corrected chi connectivity index (χ1v) is 6.89. The number of rotatable bonds is 5. The number of aryl methyl sites for hydroxylation is 2. The third kappa shape index (κ3) is 3.39. The molecule has 4 heteroatoms. The summed E-state index contributed by atoms with van der Waals surface area (Å²) in [6, 6.07) is 5.12. The number of nitrogens with one attached hydrogen (secondary N) is 1. The molecule has 0 saturated carbocycles. The lowest BCUT2D eigenvalue weighted by Crippen LogP contribution is -2.24. The van der Waals surface area contributed by atoms with Crippen molar-refractivity contribution in [3.63, 3.8) is 0 Å². The molecule has 0 fully saturated rings. The summed E-state index contributed by atoms with van der Waals surface area (Å²) < 4.78 is 13.4. The maximum Gasteiger partial charge on any atom is 0.126 e. The lowest BCUT2D eigenvalue weighted by atomic mass is 10.0. The van der Waals surface area contributed by atoms with Crippen LogP contribution in [0.3, 0.4) is 0 Å². The smallest absolute Gasteiger partial charge is 0.126 e. The van der Waals surface area contributed by atoms with Crippen LogP contribution in [0.1, 0.15) is 41.9 Å². The lowest BCUT2D eigenvalue weighted by molar-refractivity contribution is 0.578. The van der Waals surface area contributed by atoms with Crippen molar-refractivity contribution in [1.29, 1.82) is 0 Å². The van der Waals surface area contributed by atoms with Gasteiger partial charge in [-0.05, 0) is 44.0 Å². The van der Waals surface area contributed by atoms with Crippen LogP contribution in [0.2, 0.25) is 0 Å². The van der Waals surface area contributed by atoms with E-state index in [0.29, 0.717) is 5.56 Å². The maximum atomic E-state index is 13.4. The molecule has 0 aliphatic rings. The van der Waals surface area contributed by atoms with Crippen molar-refractivity contribution < 1.29 is 4.39 Å². The SMILES string of the molecule is CCCNC(c1ccc(F)c(C)c1)c1cnc(C)cn1. The molecule has 0 radical (unpaired) electrons. The second-order valence-corrected chi connectivity index (χ2v) is 4.98. The molecule has 106 valence electrons. The van der Waals surface area contributed by atoms with Gasteiger partial charge in [0.05, 0.1) is 23.6 Å². The predicted molar refractivity (Wildman–Crippen MR) is 78.0 cm³/mol. The molecule has 0 aliphatic heterocycles. The highest BCUT2D eigenvalue weighted by atomic mass is 19.1. The van der Waals surface area contributed by atoms with Gasteiger partial charge in [0.15, 0.2) is 0 Å². The minimum absolute atomic E-state index is 0.0534. The summed E-state index contributed by atoms with van der Waals surface area (Å²) >= 11 is 0. The molecule has 2 rings (SSSR count). The summed E-state index contributed by atoms with van der Waals surface area (Å²) in [5, 5.41) is 3.44. The first-order valence-electron chi connectivity index (χ1n) is 6.89. The number of nitrogens with zero attached hydrogens (tertiary/aromatic N) is 2. The van der Waals surface area contributed by atoms with Crippen LogP contribution in [-0.2, 0) is 0 Å². The summed E-state index contributed by atoms with van der Waals surface area (Å²) in [5.74, 6) is -0.182. The predicted octanol–water partition coefficient (Wildman–Crippen LogP) is 3.32. The minimum Gasteiger partial charge on any atom is -0.305 e. The Hall–Kier alpha value is -1.81. The number of halogens is 1. The molecule has 0 aliphatic carbocycles. The molecule has 1 aromatic heterocycles. The Kier molecular flexibility index (Phi) is 4.79. The Morgan fingerprint density at radius 1 is 1.20 bits per heavy atom. The zero-order valence-electron chi connectivity index (χ0n) is 12.2. The molecule has 2 aromatic rings. The van der Waals surface area contributed by atoms with Crippen molar-refractivity contribution in [1.82, 2.24) is 15.3 Å². The molecule has 0 spiro atoms. The Bertz CT molecular complexity index is 566. The van der Waals surface area contributed by atoms with Crippen LogP contribution in [0.25, 0.3) is 0 Å². The van der Waals surface area contributed by atoms with Gasteiger partial charge in [-0.25, -0.2) is 4.39 Å². The van der Waals surface area contributed by atoms with Crippen LogP contribution in [-0.4, -0.2) is 16.5 Å². The highest BCUT2D eigenvalue weighted by Gasteiger charge is 2.16. The lowest BCUT2D eigenvalue weighted by Gasteiger charge is -2.19. The number of hydrogen-bond donors (Lipinski definition) is 1. The van der Waals surface area contributed by atoms with Crippen molar-refractivity contribution in [2.45, 2.75) is 33.2 Å². The van der Waals surface area contributed by atoms with Crippen LogP contribution in [0, 0.1) is 19.7 Å². The Balaban J connectivity index is 2.35. The van der Waals surface area contributed by atoms with Gasteiger partial charge in [-0.3, -0.25) is 9.97 Å². The fourth-order valence-corrected chi connectivity index (χ4v) is 2.08. The third-order valence-electron chi connectivity index (χ3n) is 3.21. The van der Waals surface area contributed by atoms with E-state index in [9.17, 15) is 4.39 Å². The molecular formula is C16H20FN3. The molecule has 1 atom stereocenters. The van der Waals surface area contributed by atoms with Gasteiger partial charge in [0.2, 0.25) is 0 Å². The van der Waals surface area contributed by atoms with Crippen LogP contribution in [0.5, 0.6) is 0 Å². The molecular weight excluding hydrogens is 253 g/mol. The highest BCUT2D eigenvalue weighted by Crippen LogP contribution is 2.22. The molecule has 20 heavy (non-hydrogen) atoms. The van der Waals surface area contributed by atoms with Crippen LogP contribution in [0.4, 0.5) is 4.39 Å². The van der Waals surface area contributed by atoms with Crippen LogP contribution < -0.4 is 5.32 Å². The van der Waals surface area contributed by atoms with Gasteiger partial charge in [-0.15, -0.1) is 0 Å². The van der Waals surface area contributed by atoms with Crippen molar-refractivity contribution in [2.75, 3.05) is 6.54 Å². The fourth-order valence-electron chi connectivity index (χ4n) is 2.08. The van der Waals surface area contributed by atoms with Crippen LogP contribution in [0.15, 0.2) is 30.6 Å². The van der Waals surface area contributed by atoms with E-state index in [1.54, 1.807) is 25.4 Å². The molecule has 1 N–H and O–H groups in total. The first kappa shape index (κ1) is 14.6. The highest BCUT2D eigenvalue weighted by molar-refractivity contribution is 5.31. The second-order valence-electron chi connectivity index (χ2n) is 4.98. The van der Waals surface area contributed by atoms with Gasteiger partial charge in [0, 0.05) is 6.20 Å². The molecule has 0 saturated heterocycles. The normalized spacial score (nSPS) is 12.4. The van der Waals surface area contributed by atoms with Crippen molar-refractivity contribution >= 4 is 0 Å². The van der Waals surface area contributed by atoms with E-state index in [2.05, 4.69) is 22.2 Å². The average molecular weight is 273 g/mol. The van der Waals surface area contributed by atoms with Gasteiger partial charge < -0.3 is 5.32 Å².